The Morgan fingerprint density at radius 2 is 2.13 bits per heavy atom. The molecule has 0 aliphatic carbocycles. The minimum absolute atomic E-state index is 0.123. The van der Waals surface area contributed by atoms with Crippen molar-refractivity contribution in [1.82, 2.24) is 0 Å². The molecule has 1 atom stereocenters. The number of halogens is 1. The zero-order valence-electron chi connectivity index (χ0n) is 8.61. The summed E-state index contributed by atoms with van der Waals surface area (Å²) in [5, 5.41) is 18.0. The van der Waals surface area contributed by atoms with Crippen LogP contribution in [0.5, 0.6) is 0 Å². The van der Waals surface area contributed by atoms with Crippen molar-refractivity contribution in [1.29, 1.82) is 0 Å². The van der Waals surface area contributed by atoms with Crippen LogP contribution in [0.3, 0.4) is 0 Å². The van der Waals surface area contributed by atoms with Crippen LogP contribution in [0, 0.1) is 5.82 Å². The zero-order valence-corrected chi connectivity index (χ0v) is 9.43. The van der Waals surface area contributed by atoms with Crippen LogP contribution in [-0.2, 0) is 6.61 Å². The second kappa shape index (κ2) is 6.10. The van der Waals surface area contributed by atoms with Gasteiger partial charge in [0.25, 0.3) is 0 Å². The molecule has 0 aliphatic heterocycles. The summed E-state index contributed by atoms with van der Waals surface area (Å²) in [7, 11) is 0. The molecule has 1 aromatic carbocycles. The quantitative estimate of drug-likeness (QED) is 0.762. The summed E-state index contributed by atoms with van der Waals surface area (Å²) in [6.07, 6.45) is 0.659. The number of thioether (sulfide) groups is 1. The van der Waals surface area contributed by atoms with E-state index in [0.29, 0.717) is 12.0 Å². The van der Waals surface area contributed by atoms with Gasteiger partial charge in [-0.2, -0.15) is 0 Å². The molecule has 0 fully saturated rings. The number of hydrogen-bond donors (Lipinski definition) is 2. The van der Waals surface area contributed by atoms with Crippen molar-refractivity contribution < 1.29 is 14.6 Å². The molecule has 0 amide bonds. The summed E-state index contributed by atoms with van der Waals surface area (Å²) >= 11 is 1.47. The molecule has 1 aromatic rings. The normalized spacial score (nSPS) is 12.8. The Kier molecular flexibility index (Phi) is 5.08. The number of benzene rings is 1. The summed E-state index contributed by atoms with van der Waals surface area (Å²) in [6, 6.07) is 4.75. The molecule has 0 aliphatic rings. The van der Waals surface area contributed by atoms with E-state index in [4.69, 9.17) is 10.2 Å². The molecule has 1 unspecified atom stereocenters. The molecule has 0 bridgehead atoms. The molecular weight excluding hydrogens is 215 g/mol. The first kappa shape index (κ1) is 12.5. The number of rotatable bonds is 5. The van der Waals surface area contributed by atoms with Crippen molar-refractivity contribution in [2.24, 2.45) is 0 Å². The van der Waals surface area contributed by atoms with Crippen molar-refractivity contribution in [2.75, 3.05) is 6.61 Å². The van der Waals surface area contributed by atoms with Crippen LogP contribution < -0.4 is 0 Å². The van der Waals surface area contributed by atoms with Gasteiger partial charge in [-0.05, 0) is 18.6 Å². The molecule has 0 aromatic heterocycles. The van der Waals surface area contributed by atoms with E-state index in [1.54, 1.807) is 12.1 Å². The van der Waals surface area contributed by atoms with E-state index >= 15 is 0 Å². The maximum absolute atomic E-state index is 13.3. The first-order valence-corrected chi connectivity index (χ1v) is 5.72. The smallest absolute Gasteiger partial charge is 0.129 e. The standard InChI is InChI=1S/C11H15FO2S/c1-8(5-6-13)15-11-4-2-3-10(12)9(11)7-14/h2-4,8,13-14H,5-7H2,1H3. The second-order valence-electron chi connectivity index (χ2n) is 3.32. The van der Waals surface area contributed by atoms with Gasteiger partial charge in [-0.3, -0.25) is 0 Å². The average Bonchev–Trinajstić information content (AvgIpc) is 2.18. The SMILES string of the molecule is CC(CCO)Sc1cccc(F)c1CO. The van der Waals surface area contributed by atoms with Crippen molar-refractivity contribution in [3.63, 3.8) is 0 Å². The molecule has 84 valence electrons. The Bertz CT molecular complexity index is 317. The lowest BCUT2D eigenvalue weighted by atomic mass is 10.2. The molecule has 4 heteroatoms. The first-order valence-electron chi connectivity index (χ1n) is 4.84. The maximum Gasteiger partial charge on any atom is 0.129 e. The minimum atomic E-state index is -0.376. The van der Waals surface area contributed by atoms with Gasteiger partial charge in [-0.1, -0.05) is 13.0 Å². The second-order valence-corrected chi connectivity index (χ2v) is 4.80. The predicted octanol–water partition coefficient (Wildman–Crippen LogP) is 2.18. The van der Waals surface area contributed by atoms with Crippen LogP contribution in [0.4, 0.5) is 4.39 Å². The summed E-state index contributed by atoms with van der Waals surface area (Å²) in [5.74, 6) is -0.376. The molecule has 0 radical (unpaired) electrons. The molecule has 0 saturated heterocycles. The molecular formula is C11H15FO2S. The maximum atomic E-state index is 13.3. The Morgan fingerprint density at radius 1 is 1.40 bits per heavy atom. The highest BCUT2D eigenvalue weighted by atomic mass is 32.2. The summed E-state index contributed by atoms with van der Waals surface area (Å²) in [4.78, 5) is 0.749. The van der Waals surface area contributed by atoms with Gasteiger partial charge in [0, 0.05) is 22.3 Å². The van der Waals surface area contributed by atoms with E-state index in [2.05, 4.69) is 0 Å². The molecule has 15 heavy (non-hydrogen) atoms. The third-order valence-corrected chi connectivity index (χ3v) is 3.37. The van der Waals surface area contributed by atoms with Gasteiger partial charge >= 0.3 is 0 Å². The van der Waals surface area contributed by atoms with Gasteiger partial charge in [0.2, 0.25) is 0 Å². The lowest BCUT2D eigenvalue weighted by Crippen LogP contribution is -2.01. The highest BCUT2D eigenvalue weighted by Crippen LogP contribution is 2.29. The molecule has 2 nitrogen and oxygen atoms in total. The van der Waals surface area contributed by atoms with Crippen LogP contribution in [0.2, 0.25) is 0 Å². The van der Waals surface area contributed by atoms with E-state index in [1.165, 1.54) is 17.8 Å². The lowest BCUT2D eigenvalue weighted by molar-refractivity contribution is 0.272. The van der Waals surface area contributed by atoms with Gasteiger partial charge < -0.3 is 10.2 Å². The van der Waals surface area contributed by atoms with Crippen molar-refractivity contribution >= 4 is 11.8 Å². The van der Waals surface area contributed by atoms with Gasteiger partial charge in [0.15, 0.2) is 0 Å². The van der Waals surface area contributed by atoms with E-state index in [9.17, 15) is 4.39 Å². The highest BCUT2D eigenvalue weighted by Gasteiger charge is 2.10. The Morgan fingerprint density at radius 3 is 2.73 bits per heavy atom. The molecule has 1 rings (SSSR count). The number of aliphatic hydroxyl groups is 2. The van der Waals surface area contributed by atoms with E-state index in [1.807, 2.05) is 6.92 Å². The van der Waals surface area contributed by atoms with Crippen molar-refractivity contribution in [2.45, 2.75) is 30.1 Å². The van der Waals surface area contributed by atoms with E-state index < -0.39 is 0 Å². The van der Waals surface area contributed by atoms with Crippen LogP contribution in [0.15, 0.2) is 23.1 Å². The van der Waals surface area contributed by atoms with Gasteiger partial charge in [0.1, 0.15) is 5.82 Å². The van der Waals surface area contributed by atoms with E-state index in [0.717, 1.165) is 4.90 Å². The van der Waals surface area contributed by atoms with Crippen LogP contribution in [-0.4, -0.2) is 22.1 Å². The van der Waals surface area contributed by atoms with Crippen LogP contribution >= 0.6 is 11.8 Å². The molecule has 0 saturated carbocycles. The average molecular weight is 230 g/mol. The first-order chi connectivity index (χ1) is 7.19. The van der Waals surface area contributed by atoms with Gasteiger partial charge in [0.05, 0.1) is 6.61 Å². The largest absolute Gasteiger partial charge is 0.396 e. The van der Waals surface area contributed by atoms with E-state index in [-0.39, 0.29) is 24.3 Å². The van der Waals surface area contributed by atoms with Gasteiger partial charge in [-0.15, -0.1) is 11.8 Å². The fourth-order valence-corrected chi connectivity index (χ4v) is 2.38. The summed E-state index contributed by atoms with van der Waals surface area (Å²) in [5.41, 5.74) is 0.340. The fraction of sp³-hybridized carbons (Fsp3) is 0.455. The van der Waals surface area contributed by atoms with Crippen molar-refractivity contribution in [3.8, 4) is 0 Å². The Balaban J connectivity index is 2.80. The highest BCUT2D eigenvalue weighted by molar-refractivity contribution is 8.00. The fourth-order valence-electron chi connectivity index (χ4n) is 1.26. The Hall–Kier alpha value is -0.580. The minimum Gasteiger partial charge on any atom is -0.396 e. The number of hydrogen-bond acceptors (Lipinski definition) is 3. The van der Waals surface area contributed by atoms with Crippen LogP contribution in [0.1, 0.15) is 18.9 Å². The third kappa shape index (κ3) is 3.48. The topological polar surface area (TPSA) is 40.5 Å². The van der Waals surface area contributed by atoms with Gasteiger partial charge in [-0.25, -0.2) is 4.39 Å². The number of aliphatic hydroxyl groups excluding tert-OH is 2. The lowest BCUT2D eigenvalue weighted by Gasteiger charge is -2.12. The monoisotopic (exact) mass is 230 g/mol. The zero-order chi connectivity index (χ0) is 11.3. The molecule has 0 spiro atoms. The molecule has 2 N–H and O–H groups in total. The predicted molar refractivity (Wildman–Crippen MR) is 59.3 cm³/mol. The summed E-state index contributed by atoms with van der Waals surface area (Å²) < 4.78 is 13.3. The Labute approximate surface area is 93.1 Å². The summed E-state index contributed by atoms with van der Waals surface area (Å²) in [6.45, 7) is 1.80. The van der Waals surface area contributed by atoms with Crippen LogP contribution in [0.25, 0.3) is 0 Å². The van der Waals surface area contributed by atoms with Crippen molar-refractivity contribution in [3.05, 3.63) is 29.6 Å². The molecule has 0 heterocycles. The third-order valence-electron chi connectivity index (χ3n) is 2.10.